The highest BCUT2D eigenvalue weighted by atomic mass is 16.2. The predicted molar refractivity (Wildman–Crippen MR) is 97.2 cm³/mol. The first-order valence-electron chi connectivity index (χ1n) is 9.66. The molecule has 1 heterocycles. The van der Waals surface area contributed by atoms with Gasteiger partial charge in [-0.2, -0.15) is 0 Å². The van der Waals surface area contributed by atoms with Gasteiger partial charge in [0.2, 0.25) is 0 Å². The Morgan fingerprint density at radius 2 is 1.96 bits per heavy atom. The zero-order valence-electron chi connectivity index (χ0n) is 14.5. The van der Waals surface area contributed by atoms with Gasteiger partial charge in [0.05, 0.1) is 0 Å². The minimum absolute atomic E-state index is 0.00727. The summed E-state index contributed by atoms with van der Waals surface area (Å²) in [5.74, 6) is 0.734. The average Bonchev–Trinajstić information content (AvgIpc) is 3.35. The van der Waals surface area contributed by atoms with Crippen molar-refractivity contribution in [2.45, 2.75) is 63.5 Å². The topological polar surface area (TPSA) is 44.4 Å². The van der Waals surface area contributed by atoms with E-state index in [1.165, 1.54) is 56.2 Å². The van der Waals surface area contributed by atoms with Crippen molar-refractivity contribution >= 4 is 11.7 Å². The third-order valence-corrected chi connectivity index (χ3v) is 6.15. The van der Waals surface area contributed by atoms with Gasteiger partial charge in [0.1, 0.15) is 0 Å². The number of benzene rings is 1. The highest BCUT2D eigenvalue weighted by Crippen LogP contribution is 2.53. The van der Waals surface area contributed by atoms with Crippen LogP contribution in [0.15, 0.2) is 24.3 Å². The molecule has 2 amide bonds. The number of amides is 2. The molecule has 2 N–H and O–H groups in total. The molecule has 24 heavy (non-hydrogen) atoms. The van der Waals surface area contributed by atoms with E-state index in [1.807, 2.05) is 0 Å². The number of nitrogens with zero attached hydrogens (tertiary/aromatic N) is 1. The number of rotatable bonds is 4. The fourth-order valence-corrected chi connectivity index (χ4v) is 4.66. The lowest BCUT2D eigenvalue weighted by Crippen LogP contribution is -2.45. The Labute approximate surface area is 145 Å². The molecule has 0 bridgehead atoms. The van der Waals surface area contributed by atoms with Crippen molar-refractivity contribution < 1.29 is 4.79 Å². The van der Waals surface area contributed by atoms with Gasteiger partial charge in [-0.05, 0) is 56.1 Å². The van der Waals surface area contributed by atoms with E-state index in [-0.39, 0.29) is 11.6 Å². The monoisotopic (exact) mass is 327 g/mol. The van der Waals surface area contributed by atoms with Crippen LogP contribution in [0.4, 0.5) is 10.5 Å². The van der Waals surface area contributed by atoms with Gasteiger partial charge in [0, 0.05) is 30.9 Å². The summed E-state index contributed by atoms with van der Waals surface area (Å²) < 4.78 is 0. The molecule has 2 unspecified atom stereocenters. The van der Waals surface area contributed by atoms with Crippen LogP contribution in [0.3, 0.4) is 0 Å². The Morgan fingerprint density at radius 1 is 1.12 bits per heavy atom. The van der Waals surface area contributed by atoms with Crippen LogP contribution >= 0.6 is 0 Å². The number of anilines is 1. The molecule has 3 aliphatic rings. The summed E-state index contributed by atoms with van der Waals surface area (Å²) in [5.41, 5.74) is 2.65. The molecule has 0 spiro atoms. The van der Waals surface area contributed by atoms with Crippen molar-refractivity contribution in [1.82, 2.24) is 10.6 Å². The Hall–Kier alpha value is -1.71. The summed E-state index contributed by atoms with van der Waals surface area (Å²) in [6.07, 6.45) is 10.1. The zero-order valence-corrected chi connectivity index (χ0v) is 14.5. The molecule has 2 saturated carbocycles. The number of carbonyl (C=O) groups excluding carboxylic acids is 1. The van der Waals surface area contributed by atoms with Crippen molar-refractivity contribution in [1.29, 1.82) is 0 Å². The first-order chi connectivity index (χ1) is 11.8. The van der Waals surface area contributed by atoms with Gasteiger partial charge < -0.3 is 15.5 Å². The number of para-hydroxylation sites is 1. The van der Waals surface area contributed by atoms with Crippen LogP contribution in [0.5, 0.6) is 0 Å². The third-order valence-electron chi connectivity index (χ3n) is 6.15. The Morgan fingerprint density at radius 3 is 2.79 bits per heavy atom. The molecule has 4 heteroatoms. The number of urea groups is 1. The number of carbonyl (C=O) groups is 1. The van der Waals surface area contributed by atoms with Crippen LogP contribution in [0.25, 0.3) is 0 Å². The van der Waals surface area contributed by atoms with Gasteiger partial charge in [0.15, 0.2) is 0 Å². The SMILES string of the molecule is O=C(NCc1ccccc1N1CCCCC1)NC12CCCCC1C2. The number of piperidine rings is 1. The maximum Gasteiger partial charge on any atom is 0.315 e. The van der Waals surface area contributed by atoms with E-state index in [1.54, 1.807) is 0 Å². The molecule has 4 nitrogen and oxygen atoms in total. The van der Waals surface area contributed by atoms with Crippen LogP contribution in [-0.4, -0.2) is 24.7 Å². The average molecular weight is 327 g/mol. The van der Waals surface area contributed by atoms with Crippen LogP contribution in [-0.2, 0) is 6.54 Å². The number of hydrogen-bond acceptors (Lipinski definition) is 2. The van der Waals surface area contributed by atoms with Crippen molar-refractivity contribution in [3.05, 3.63) is 29.8 Å². The largest absolute Gasteiger partial charge is 0.371 e. The molecule has 3 fully saturated rings. The van der Waals surface area contributed by atoms with Crippen LogP contribution in [0.1, 0.15) is 56.9 Å². The van der Waals surface area contributed by atoms with Gasteiger partial charge in [-0.3, -0.25) is 0 Å². The Balaban J connectivity index is 1.35. The second-order valence-electron chi connectivity index (χ2n) is 7.79. The quantitative estimate of drug-likeness (QED) is 0.883. The van der Waals surface area contributed by atoms with E-state index in [0.717, 1.165) is 25.4 Å². The second kappa shape index (κ2) is 6.66. The lowest BCUT2D eigenvalue weighted by atomic mass is 9.95. The molecule has 130 valence electrons. The van der Waals surface area contributed by atoms with Gasteiger partial charge in [-0.15, -0.1) is 0 Å². The Kier molecular flexibility index (Phi) is 4.38. The minimum atomic E-state index is 0.00727. The summed E-state index contributed by atoms with van der Waals surface area (Å²) in [6.45, 7) is 2.88. The zero-order chi connectivity index (χ0) is 16.4. The lowest BCUT2D eigenvalue weighted by Gasteiger charge is -2.30. The van der Waals surface area contributed by atoms with E-state index in [2.05, 4.69) is 39.8 Å². The number of nitrogens with one attached hydrogen (secondary N) is 2. The fraction of sp³-hybridized carbons (Fsp3) is 0.650. The van der Waals surface area contributed by atoms with Crippen LogP contribution in [0, 0.1) is 5.92 Å². The van der Waals surface area contributed by atoms with E-state index < -0.39 is 0 Å². The summed E-state index contributed by atoms with van der Waals surface area (Å²) in [7, 11) is 0. The maximum atomic E-state index is 12.4. The smallest absolute Gasteiger partial charge is 0.315 e. The molecule has 2 aliphatic carbocycles. The van der Waals surface area contributed by atoms with Gasteiger partial charge in [-0.25, -0.2) is 4.79 Å². The highest BCUT2D eigenvalue weighted by Gasteiger charge is 2.55. The molecule has 1 aromatic carbocycles. The number of hydrogen-bond donors (Lipinski definition) is 2. The van der Waals surface area contributed by atoms with E-state index in [0.29, 0.717) is 6.54 Å². The second-order valence-corrected chi connectivity index (χ2v) is 7.79. The summed E-state index contributed by atoms with van der Waals surface area (Å²) in [6, 6.07) is 8.51. The van der Waals surface area contributed by atoms with Crippen LogP contribution < -0.4 is 15.5 Å². The molecular formula is C20H29N3O. The van der Waals surface area contributed by atoms with E-state index in [4.69, 9.17) is 0 Å². The van der Waals surface area contributed by atoms with Crippen molar-refractivity contribution in [3.8, 4) is 0 Å². The number of fused-ring (bicyclic) bond motifs is 1. The van der Waals surface area contributed by atoms with Gasteiger partial charge in [-0.1, -0.05) is 31.0 Å². The van der Waals surface area contributed by atoms with Crippen molar-refractivity contribution in [2.24, 2.45) is 5.92 Å². The first kappa shape index (κ1) is 15.8. The normalized spacial score (nSPS) is 28.8. The summed E-state index contributed by atoms with van der Waals surface area (Å²) >= 11 is 0. The fourth-order valence-electron chi connectivity index (χ4n) is 4.66. The highest BCUT2D eigenvalue weighted by molar-refractivity contribution is 5.75. The third kappa shape index (κ3) is 3.24. The predicted octanol–water partition coefficient (Wildman–Crippen LogP) is 3.81. The van der Waals surface area contributed by atoms with Crippen molar-refractivity contribution in [3.63, 3.8) is 0 Å². The summed E-state index contributed by atoms with van der Waals surface area (Å²) in [4.78, 5) is 14.8. The maximum absolute atomic E-state index is 12.4. The van der Waals surface area contributed by atoms with Gasteiger partial charge >= 0.3 is 6.03 Å². The van der Waals surface area contributed by atoms with E-state index >= 15 is 0 Å². The molecule has 4 rings (SSSR count). The molecule has 0 radical (unpaired) electrons. The van der Waals surface area contributed by atoms with Gasteiger partial charge in [0.25, 0.3) is 0 Å². The lowest BCUT2D eigenvalue weighted by molar-refractivity contribution is 0.230. The standard InChI is InChI=1S/C20H29N3O/c24-19(22-20-11-5-4-9-17(20)14-20)21-15-16-8-2-3-10-18(16)23-12-6-1-7-13-23/h2-3,8,10,17H,1,4-7,9,11-15H2,(H2,21,22,24). The molecule has 1 aromatic rings. The minimum Gasteiger partial charge on any atom is -0.371 e. The van der Waals surface area contributed by atoms with Crippen LogP contribution in [0.2, 0.25) is 0 Å². The summed E-state index contributed by atoms with van der Waals surface area (Å²) in [5, 5.41) is 6.38. The molecule has 1 aliphatic heterocycles. The van der Waals surface area contributed by atoms with E-state index in [9.17, 15) is 4.79 Å². The van der Waals surface area contributed by atoms with Crippen molar-refractivity contribution in [2.75, 3.05) is 18.0 Å². The molecule has 1 saturated heterocycles. The Bertz CT molecular complexity index is 596. The molecule has 0 aromatic heterocycles. The molecular weight excluding hydrogens is 298 g/mol. The molecule has 2 atom stereocenters. The first-order valence-corrected chi connectivity index (χ1v) is 9.66.